The molecule has 1 aliphatic rings. The third-order valence-electron chi connectivity index (χ3n) is 4.11. The molecule has 3 rings (SSSR count). The summed E-state index contributed by atoms with van der Waals surface area (Å²) in [5, 5.41) is 2.99. The molecule has 0 unspecified atom stereocenters. The van der Waals surface area contributed by atoms with E-state index in [-0.39, 0.29) is 5.91 Å². The fourth-order valence-corrected chi connectivity index (χ4v) is 3.27. The Hall–Kier alpha value is -2.08. The number of aromatic nitrogens is 1. The molecule has 0 bridgehead atoms. The number of ether oxygens (including phenoxy) is 1. The average Bonchev–Trinajstić information content (AvgIpc) is 2.63. The van der Waals surface area contributed by atoms with Crippen molar-refractivity contribution in [2.24, 2.45) is 0 Å². The molecule has 1 aliphatic heterocycles. The van der Waals surface area contributed by atoms with E-state index < -0.39 is 0 Å². The van der Waals surface area contributed by atoms with E-state index in [9.17, 15) is 4.79 Å². The standard InChI is InChI=1S/C18H20BrN3O2/c1-24-13-7-8-15(19)14(12-13)18(23)21-16-6-5-9-20-17(16)22-10-3-2-4-11-22/h5-9,12H,2-4,10-11H2,1H3,(H,21,23). The first kappa shape index (κ1) is 16.8. The van der Waals surface area contributed by atoms with Crippen molar-refractivity contribution in [3.8, 4) is 5.75 Å². The normalized spacial score (nSPS) is 14.3. The lowest BCUT2D eigenvalue weighted by atomic mass is 10.1. The van der Waals surface area contributed by atoms with E-state index in [2.05, 4.69) is 31.1 Å². The molecule has 1 aromatic heterocycles. The third-order valence-corrected chi connectivity index (χ3v) is 4.80. The highest BCUT2D eigenvalue weighted by atomic mass is 79.9. The monoisotopic (exact) mass is 389 g/mol. The fraction of sp³-hybridized carbons (Fsp3) is 0.333. The van der Waals surface area contributed by atoms with Gasteiger partial charge in [0.1, 0.15) is 5.75 Å². The van der Waals surface area contributed by atoms with Gasteiger partial charge in [0.25, 0.3) is 5.91 Å². The van der Waals surface area contributed by atoms with Crippen molar-refractivity contribution in [2.75, 3.05) is 30.4 Å². The number of anilines is 2. The van der Waals surface area contributed by atoms with Gasteiger partial charge in [-0.15, -0.1) is 0 Å². The first-order valence-electron chi connectivity index (χ1n) is 8.04. The topological polar surface area (TPSA) is 54.5 Å². The second kappa shape index (κ2) is 7.66. The van der Waals surface area contributed by atoms with Gasteiger partial charge in [0.15, 0.2) is 5.82 Å². The summed E-state index contributed by atoms with van der Waals surface area (Å²) >= 11 is 3.43. The van der Waals surface area contributed by atoms with Crippen LogP contribution in [0.25, 0.3) is 0 Å². The molecular formula is C18H20BrN3O2. The summed E-state index contributed by atoms with van der Waals surface area (Å²) in [6.45, 7) is 1.95. The summed E-state index contributed by atoms with van der Waals surface area (Å²) in [7, 11) is 1.58. The van der Waals surface area contributed by atoms with E-state index in [1.165, 1.54) is 6.42 Å². The minimum Gasteiger partial charge on any atom is -0.497 e. The number of carbonyl (C=O) groups is 1. The van der Waals surface area contributed by atoms with Gasteiger partial charge in [-0.05, 0) is 65.5 Å². The molecule has 1 saturated heterocycles. The summed E-state index contributed by atoms with van der Waals surface area (Å²) in [5.41, 5.74) is 1.27. The van der Waals surface area contributed by atoms with Crippen LogP contribution in [0.1, 0.15) is 29.6 Å². The largest absolute Gasteiger partial charge is 0.497 e. The Labute approximate surface area is 150 Å². The number of halogens is 1. The van der Waals surface area contributed by atoms with Crippen molar-refractivity contribution >= 4 is 33.3 Å². The van der Waals surface area contributed by atoms with Crippen molar-refractivity contribution in [1.29, 1.82) is 0 Å². The number of nitrogens with one attached hydrogen (secondary N) is 1. The number of nitrogens with zero attached hydrogens (tertiary/aromatic N) is 2. The van der Waals surface area contributed by atoms with Crippen LogP contribution in [0.5, 0.6) is 5.75 Å². The minimum absolute atomic E-state index is 0.188. The second-order valence-electron chi connectivity index (χ2n) is 5.72. The molecule has 1 fully saturated rings. The van der Waals surface area contributed by atoms with Crippen LogP contribution in [0.4, 0.5) is 11.5 Å². The molecule has 24 heavy (non-hydrogen) atoms. The summed E-state index contributed by atoms with van der Waals surface area (Å²) in [5.74, 6) is 1.29. The van der Waals surface area contributed by atoms with Crippen LogP contribution in [0.3, 0.4) is 0 Å². The predicted molar refractivity (Wildman–Crippen MR) is 98.9 cm³/mol. The Morgan fingerprint density at radius 2 is 2.04 bits per heavy atom. The van der Waals surface area contributed by atoms with Crippen LogP contribution < -0.4 is 15.0 Å². The first-order chi connectivity index (χ1) is 11.7. The molecule has 0 aliphatic carbocycles. The van der Waals surface area contributed by atoms with Gasteiger partial charge in [-0.1, -0.05) is 0 Å². The summed E-state index contributed by atoms with van der Waals surface area (Å²) in [6.07, 6.45) is 5.33. The van der Waals surface area contributed by atoms with Crippen molar-refractivity contribution in [3.05, 3.63) is 46.6 Å². The molecule has 1 amide bonds. The van der Waals surface area contributed by atoms with Gasteiger partial charge < -0.3 is 15.0 Å². The Kier molecular flexibility index (Phi) is 5.35. The highest BCUT2D eigenvalue weighted by Crippen LogP contribution is 2.28. The predicted octanol–water partition coefficient (Wildman–Crippen LogP) is 4.10. The number of piperidine rings is 1. The van der Waals surface area contributed by atoms with Crippen LogP contribution in [-0.4, -0.2) is 31.1 Å². The highest BCUT2D eigenvalue weighted by Gasteiger charge is 2.18. The molecule has 2 heterocycles. The lowest BCUT2D eigenvalue weighted by molar-refractivity contribution is 0.102. The minimum atomic E-state index is -0.188. The number of methoxy groups -OCH3 is 1. The van der Waals surface area contributed by atoms with Crippen LogP contribution in [0.2, 0.25) is 0 Å². The molecule has 5 nitrogen and oxygen atoms in total. The quantitative estimate of drug-likeness (QED) is 0.854. The molecule has 0 saturated carbocycles. The van der Waals surface area contributed by atoms with Gasteiger partial charge >= 0.3 is 0 Å². The Balaban J connectivity index is 1.84. The number of hydrogen-bond acceptors (Lipinski definition) is 4. The number of amides is 1. The van der Waals surface area contributed by atoms with Gasteiger partial charge in [0.2, 0.25) is 0 Å². The van der Waals surface area contributed by atoms with Crippen LogP contribution in [-0.2, 0) is 0 Å². The lowest BCUT2D eigenvalue weighted by Crippen LogP contribution is -2.31. The average molecular weight is 390 g/mol. The number of pyridine rings is 1. The van der Waals surface area contributed by atoms with Gasteiger partial charge in [0.05, 0.1) is 18.4 Å². The first-order valence-corrected chi connectivity index (χ1v) is 8.83. The molecule has 2 aromatic rings. The zero-order valence-corrected chi connectivity index (χ0v) is 15.2. The zero-order chi connectivity index (χ0) is 16.9. The van der Waals surface area contributed by atoms with E-state index in [4.69, 9.17) is 4.74 Å². The molecule has 1 N–H and O–H groups in total. The number of rotatable bonds is 4. The molecular weight excluding hydrogens is 370 g/mol. The Bertz CT molecular complexity index is 730. The number of hydrogen-bond donors (Lipinski definition) is 1. The smallest absolute Gasteiger partial charge is 0.257 e. The summed E-state index contributed by atoms with van der Waals surface area (Å²) in [4.78, 5) is 19.4. The van der Waals surface area contributed by atoms with Gasteiger partial charge in [-0.3, -0.25) is 4.79 Å². The zero-order valence-electron chi connectivity index (χ0n) is 13.6. The van der Waals surface area contributed by atoms with E-state index >= 15 is 0 Å². The van der Waals surface area contributed by atoms with Crippen LogP contribution >= 0.6 is 15.9 Å². The molecule has 1 aromatic carbocycles. The van der Waals surface area contributed by atoms with Crippen molar-refractivity contribution in [1.82, 2.24) is 4.98 Å². The number of carbonyl (C=O) groups excluding carboxylic acids is 1. The van der Waals surface area contributed by atoms with Gasteiger partial charge in [-0.2, -0.15) is 0 Å². The van der Waals surface area contributed by atoms with E-state index in [1.807, 2.05) is 24.3 Å². The van der Waals surface area contributed by atoms with Gasteiger partial charge in [-0.25, -0.2) is 4.98 Å². The maximum atomic E-state index is 12.7. The number of benzene rings is 1. The summed E-state index contributed by atoms with van der Waals surface area (Å²) < 4.78 is 5.93. The van der Waals surface area contributed by atoms with Crippen LogP contribution in [0.15, 0.2) is 41.0 Å². The van der Waals surface area contributed by atoms with E-state index in [1.54, 1.807) is 19.4 Å². The van der Waals surface area contributed by atoms with E-state index in [0.29, 0.717) is 11.3 Å². The fourth-order valence-electron chi connectivity index (χ4n) is 2.85. The highest BCUT2D eigenvalue weighted by molar-refractivity contribution is 9.10. The van der Waals surface area contributed by atoms with Gasteiger partial charge in [0, 0.05) is 23.8 Å². The second-order valence-corrected chi connectivity index (χ2v) is 6.58. The maximum absolute atomic E-state index is 12.7. The molecule has 0 spiro atoms. The SMILES string of the molecule is COc1ccc(Br)c(C(=O)Nc2cccnc2N2CCCCC2)c1. The van der Waals surface area contributed by atoms with Crippen molar-refractivity contribution in [2.45, 2.75) is 19.3 Å². The Morgan fingerprint density at radius 1 is 1.25 bits per heavy atom. The lowest BCUT2D eigenvalue weighted by Gasteiger charge is -2.29. The Morgan fingerprint density at radius 3 is 2.79 bits per heavy atom. The van der Waals surface area contributed by atoms with E-state index in [0.717, 1.165) is 41.9 Å². The molecule has 126 valence electrons. The third kappa shape index (κ3) is 3.70. The van der Waals surface area contributed by atoms with Crippen molar-refractivity contribution < 1.29 is 9.53 Å². The van der Waals surface area contributed by atoms with Crippen molar-refractivity contribution in [3.63, 3.8) is 0 Å². The van der Waals surface area contributed by atoms with Crippen LogP contribution in [0, 0.1) is 0 Å². The molecule has 0 radical (unpaired) electrons. The molecule has 6 heteroatoms. The molecule has 0 atom stereocenters. The maximum Gasteiger partial charge on any atom is 0.257 e. The summed E-state index contributed by atoms with van der Waals surface area (Å²) in [6, 6.07) is 9.07.